The third-order valence-electron chi connectivity index (χ3n) is 4.36. The minimum Gasteiger partial charge on any atom is -0.269 e. The number of rotatable bonds is 3. The first-order chi connectivity index (χ1) is 12.6. The summed E-state index contributed by atoms with van der Waals surface area (Å²) < 4.78 is 38.6. The molecule has 1 heterocycles. The molecule has 140 valence electrons. The van der Waals surface area contributed by atoms with Crippen molar-refractivity contribution in [1.29, 1.82) is 0 Å². The average Bonchev–Trinajstić information content (AvgIpc) is 2.79. The smallest absolute Gasteiger partial charge is 0.269 e. The summed E-state index contributed by atoms with van der Waals surface area (Å²) in [5.74, 6) is -1.33. The van der Waals surface area contributed by atoms with Crippen LogP contribution in [0.25, 0.3) is 5.57 Å². The maximum absolute atomic E-state index is 12.9. The zero-order valence-corrected chi connectivity index (χ0v) is 15.3. The molecule has 0 spiro atoms. The van der Waals surface area contributed by atoms with Crippen LogP contribution in [0.1, 0.15) is 27.8 Å². The van der Waals surface area contributed by atoms with Gasteiger partial charge in [0.15, 0.2) is 0 Å². The molecule has 7 heteroatoms. The number of carbonyl (C=O) groups excluding carboxylic acids is 2. The summed E-state index contributed by atoms with van der Waals surface area (Å²) in [7, 11) is 0. The van der Waals surface area contributed by atoms with Crippen molar-refractivity contribution in [2.45, 2.75) is 26.6 Å². The molecule has 1 aliphatic rings. The number of hydrogen-bond donors (Lipinski definition) is 0. The predicted molar refractivity (Wildman–Crippen MR) is 95.7 cm³/mol. The fourth-order valence-electron chi connectivity index (χ4n) is 3.05. The molecule has 1 aliphatic heterocycles. The lowest BCUT2D eigenvalue weighted by Gasteiger charge is -2.16. The van der Waals surface area contributed by atoms with Crippen molar-refractivity contribution in [3.8, 4) is 0 Å². The molecule has 0 saturated heterocycles. The fourth-order valence-corrected chi connectivity index (χ4v) is 3.33. The van der Waals surface area contributed by atoms with Crippen LogP contribution in [0, 0.1) is 13.8 Å². The number of benzene rings is 2. The van der Waals surface area contributed by atoms with Gasteiger partial charge in [0.05, 0.1) is 17.7 Å². The van der Waals surface area contributed by atoms with Gasteiger partial charge in [-0.1, -0.05) is 47.5 Å². The van der Waals surface area contributed by atoms with Gasteiger partial charge >= 0.3 is 6.18 Å². The maximum Gasteiger partial charge on any atom is 0.416 e. The monoisotopic (exact) mass is 393 g/mol. The Morgan fingerprint density at radius 3 is 2.33 bits per heavy atom. The van der Waals surface area contributed by atoms with Crippen molar-refractivity contribution in [1.82, 2.24) is 4.90 Å². The zero-order valence-electron chi connectivity index (χ0n) is 14.5. The standard InChI is InChI=1S/C20H15ClF3NO2/c1-11-6-7-15(12(2)8-11)16-17(21)19(27)25(18(16)26)10-13-4-3-5-14(9-13)20(22,23)24/h3-9H,10H2,1-2H3. The molecular formula is C20H15ClF3NO2. The van der Waals surface area contributed by atoms with Crippen molar-refractivity contribution in [2.24, 2.45) is 0 Å². The van der Waals surface area contributed by atoms with Gasteiger partial charge in [-0.3, -0.25) is 14.5 Å². The van der Waals surface area contributed by atoms with Crippen LogP contribution >= 0.6 is 11.6 Å². The molecule has 3 rings (SSSR count). The topological polar surface area (TPSA) is 37.4 Å². The second-order valence-corrected chi connectivity index (χ2v) is 6.78. The van der Waals surface area contributed by atoms with Crippen LogP contribution in [-0.4, -0.2) is 16.7 Å². The third-order valence-corrected chi connectivity index (χ3v) is 4.71. The van der Waals surface area contributed by atoms with Gasteiger partial charge in [-0.15, -0.1) is 0 Å². The van der Waals surface area contributed by atoms with Crippen LogP contribution in [0.4, 0.5) is 13.2 Å². The Morgan fingerprint density at radius 1 is 1.00 bits per heavy atom. The first-order valence-corrected chi connectivity index (χ1v) is 8.47. The number of amides is 2. The van der Waals surface area contributed by atoms with Gasteiger partial charge in [0.1, 0.15) is 5.03 Å². The highest BCUT2D eigenvalue weighted by Gasteiger charge is 2.39. The summed E-state index contributed by atoms with van der Waals surface area (Å²) >= 11 is 6.12. The molecule has 0 N–H and O–H groups in total. The van der Waals surface area contributed by atoms with Gasteiger partial charge in [0, 0.05) is 0 Å². The number of hydrogen-bond acceptors (Lipinski definition) is 2. The van der Waals surface area contributed by atoms with Gasteiger partial charge in [-0.25, -0.2) is 0 Å². The number of imide groups is 1. The van der Waals surface area contributed by atoms with Crippen LogP contribution in [0.5, 0.6) is 0 Å². The molecule has 27 heavy (non-hydrogen) atoms. The van der Waals surface area contributed by atoms with Crippen molar-refractivity contribution in [3.05, 3.63) is 75.3 Å². The van der Waals surface area contributed by atoms with Crippen molar-refractivity contribution >= 4 is 29.0 Å². The minimum atomic E-state index is -4.50. The van der Waals surface area contributed by atoms with E-state index in [-0.39, 0.29) is 22.7 Å². The SMILES string of the molecule is Cc1ccc(C2=C(Cl)C(=O)N(Cc3cccc(C(F)(F)F)c3)C2=O)c(C)c1. The largest absolute Gasteiger partial charge is 0.416 e. The van der Waals surface area contributed by atoms with Gasteiger partial charge < -0.3 is 0 Å². The van der Waals surface area contributed by atoms with E-state index >= 15 is 0 Å². The highest BCUT2D eigenvalue weighted by atomic mass is 35.5. The van der Waals surface area contributed by atoms with Gasteiger partial charge in [0.2, 0.25) is 0 Å². The molecule has 0 aromatic heterocycles. The first kappa shape index (κ1) is 19.2. The third kappa shape index (κ3) is 3.62. The molecule has 0 saturated carbocycles. The van der Waals surface area contributed by atoms with Crippen LogP contribution in [-0.2, 0) is 22.3 Å². The summed E-state index contributed by atoms with van der Waals surface area (Å²) in [5, 5.41) is -0.223. The predicted octanol–water partition coefficient (Wildman–Crippen LogP) is 4.84. The number of halogens is 4. The lowest BCUT2D eigenvalue weighted by atomic mass is 9.99. The fraction of sp³-hybridized carbons (Fsp3) is 0.200. The van der Waals surface area contributed by atoms with Gasteiger partial charge in [-0.2, -0.15) is 13.2 Å². The van der Waals surface area contributed by atoms with E-state index in [9.17, 15) is 22.8 Å². The Bertz CT molecular complexity index is 979. The Morgan fingerprint density at radius 2 is 1.70 bits per heavy atom. The van der Waals surface area contributed by atoms with Crippen LogP contribution in [0.3, 0.4) is 0 Å². The second-order valence-electron chi connectivity index (χ2n) is 6.40. The molecule has 0 aliphatic carbocycles. The molecule has 0 radical (unpaired) electrons. The van der Waals surface area contributed by atoms with E-state index in [4.69, 9.17) is 11.6 Å². The van der Waals surface area contributed by atoms with E-state index in [1.807, 2.05) is 13.0 Å². The molecule has 0 atom stereocenters. The molecular weight excluding hydrogens is 379 g/mol. The van der Waals surface area contributed by atoms with E-state index in [0.29, 0.717) is 5.56 Å². The van der Waals surface area contributed by atoms with Gasteiger partial charge in [0.25, 0.3) is 11.8 Å². The van der Waals surface area contributed by atoms with Crippen molar-refractivity contribution in [2.75, 3.05) is 0 Å². The first-order valence-electron chi connectivity index (χ1n) is 8.09. The molecule has 2 aromatic carbocycles. The molecule has 0 fully saturated rings. The van der Waals surface area contributed by atoms with E-state index in [1.165, 1.54) is 12.1 Å². The molecule has 3 nitrogen and oxygen atoms in total. The Balaban J connectivity index is 1.93. The van der Waals surface area contributed by atoms with Crippen LogP contribution < -0.4 is 0 Å². The minimum absolute atomic E-state index is 0.0751. The number of aryl methyl sites for hydroxylation is 2. The average molecular weight is 394 g/mol. The zero-order chi connectivity index (χ0) is 19.9. The summed E-state index contributed by atoms with van der Waals surface area (Å²) in [6.07, 6.45) is -4.50. The highest BCUT2D eigenvalue weighted by molar-refractivity contribution is 6.55. The highest BCUT2D eigenvalue weighted by Crippen LogP contribution is 2.35. The second kappa shape index (κ2) is 6.85. The van der Waals surface area contributed by atoms with E-state index in [1.54, 1.807) is 19.1 Å². The van der Waals surface area contributed by atoms with E-state index in [0.717, 1.165) is 28.2 Å². The van der Waals surface area contributed by atoms with Crippen LogP contribution in [0.2, 0.25) is 0 Å². The Kier molecular flexibility index (Phi) is 4.86. The van der Waals surface area contributed by atoms with E-state index < -0.39 is 23.6 Å². The van der Waals surface area contributed by atoms with Crippen molar-refractivity contribution in [3.63, 3.8) is 0 Å². The Hall–Kier alpha value is -2.60. The summed E-state index contributed by atoms with van der Waals surface area (Å²) in [6.45, 7) is 3.41. The maximum atomic E-state index is 12.9. The molecule has 0 unspecified atom stereocenters. The summed E-state index contributed by atoms with van der Waals surface area (Å²) in [6, 6.07) is 9.89. The number of alkyl halides is 3. The normalized spacial score (nSPS) is 15.1. The van der Waals surface area contributed by atoms with Gasteiger partial charge in [-0.05, 0) is 42.7 Å². The molecule has 2 aromatic rings. The van der Waals surface area contributed by atoms with Crippen molar-refractivity contribution < 1.29 is 22.8 Å². The van der Waals surface area contributed by atoms with Crippen LogP contribution in [0.15, 0.2) is 47.5 Å². The lowest BCUT2D eigenvalue weighted by Crippen LogP contribution is -2.31. The summed E-state index contributed by atoms with van der Waals surface area (Å²) in [5.41, 5.74) is 1.74. The molecule has 2 amide bonds. The molecule has 0 bridgehead atoms. The number of carbonyl (C=O) groups is 2. The summed E-state index contributed by atoms with van der Waals surface area (Å²) in [4.78, 5) is 26.1. The quantitative estimate of drug-likeness (QED) is 0.700. The lowest BCUT2D eigenvalue weighted by molar-refractivity contribution is -0.137. The number of nitrogens with zero attached hydrogens (tertiary/aromatic N) is 1. The Labute approximate surface area is 159 Å². The van der Waals surface area contributed by atoms with E-state index in [2.05, 4.69) is 0 Å².